The first kappa shape index (κ1) is 6.82. The Hall–Kier alpha value is -0.863. The summed E-state index contributed by atoms with van der Waals surface area (Å²) in [5.41, 5.74) is 2.47. The van der Waals surface area contributed by atoms with Gasteiger partial charge in [0.25, 0.3) is 0 Å². The van der Waals surface area contributed by atoms with E-state index in [1.165, 1.54) is 11.1 Å². The molecule has 0 fully saturated rings. The summed E-state index contributed by atoms with van der Waals surface area (Å²) in [5.74, 6) is 0. The quantitative estimate of drug-likeness (QED) is 0.568. The van der Waals surface area contributed by atoms with Gasteiger partial charge < -0.3 is 4.43 Å². The van der Waals surface area contributed by atoms with Crippen LogP contribution in [0.1, 0.15) is 17.2 Å². The molecule has 53 valence electrons. The van der Waals surface area contributed by atoms with Crippen molar-refractivity contribution >= 4 is 16.6 Å². The van der Waals surface area contributed by atoms with E-state index in [0.29, 0.717) is 0 Å². The molecule has 0 saturated heterocycles. The normalized spacial score (nSPS) is 20.3. The summed E-state index contributed by atoms with van der Waals surface area (Å²) >= 11 is 0. The minimum atomic E-state index is 0.0860. The predicted molar refractivity (Wildman–Crippen MR) is 45.1 cm³/mol. The van der Waals surface area contributed by atoms with E-state index in [-0.39, 0.29) is 6.10 Å². The number of fused-ring (bicyclic) bond motifs is 1. The van der Waals surface area contributed by atoms with E-state index in [1.807, 2.05) is 18.2 Å². The van der Waals surface area contributed by atoms with Crippen molar-refractivity contribution < 1.29 is 4.43 Å². The van der Waals surface area contributed by atoms with Crippen LogP contribution in [0.5, 0.6) is 0 Å². The maximum atomic E-state index is 5.06. The average Bonchev–Trinajstić information content (AvgIpc) is 2.47. The Morgan fingerprint density at radius 1 is 1.27 bits per heavy atom. The summed E-state index contributed by atoms with van der Waals surface area (Å²) < 4.78 is 5.06. The van der Waals surface area contributed by atoms with Crippen LogP contribution in [-0.4, -0.2) is 10.5 Å². The Balaban J connectivity index is 2.46. The van der Waals surface area contributed by atoms with E-state index in [0.717, 1.165) is 0 Å². The van der Waals surface area contributed by atoms with Crippen molar-refractivity contribution in [2.45, 2.75) is 6.10 Å². The average molecular weight is 159 g/mol. The van der Waals surface area contributed by atoms with E-state index in [9.17, 15) is 0 Å². The van der Waals surface area contributed by atoms with Crippen molar-refractivity contribution in [3.8, 4) is 0 Å². The van der Waals surface area contributed by atoms with Gasteiger partial charge in [-0.1, -0.05) is 36.4 Å². The van der Waals surface area contributed by atoms with Gasteiger partial charge >= 0.3 is 0 Å². The van der Waals surface area contributed by atoms with Gasteiger partial charge in [-0.25, -0.2) is 0 Å². The van der Waals surface area contributed by atoms with Gasteiger partial charge in [0.05, 0.1) is 6.10 Å². The maximum Gasteiger partial charge on any atom is 0.247 e. The number of hydrogen-bond donors (Lipinski definition) is 0. The van der Waals surface area contributed by atoms with E-state index < -0.39 is 0 Å². The van der Waals surface area contributed by atoms with Crippen LogP contribution < -0.4 is 0 Å². The van der Waals surface area contributed by atoms with Crippen molar-refractivity contribution in [3.63, 3.8) is 0 Å². The van der Waals surface area contributed by atoms with Crippen molar-refractivity contribution in [2.24, 2.45) is 0 Å². The van der Waals surface area contributed by atoms with E-state index in [1.54, 1.807) is 0 Å². The highest BCUT2D eigenvalue weighted by Gasteiger charge is 2.14. The fraction of sp³-hybridized carbons (Fsp3) is 0.111. The van der Waals surface area contributed by atoms with E-state index in [2.05, 4.69) is 28.7 Å². The van der Waals surface area contributed by atoms with Gasteiger partial charge in [0, 0.05) is 0 Å². The largest absolute Gasteiger partial charge is 0.408 e. The predicted octanol–water partition coefficient (Wildman–Crippen LogP) is 1.85. The molecule has 0 amide bonds. The topological polar surface area (TPSA) is 9.23 Å². The second-order valence-corrected chi connectivity index (χ2v) is 2.76. The SMILES string of the molecule is [Si]OC1C=Cc2ccccc21. The van der Waals surface area contributed by atoms with Crippen LogP contribution >= 0.6 is 0 Å². The highest BCUT2D eigenvalue weighted by Crippen LogP contribution is 2.29. The van der Waals surface area contributed by atoms with Gasteiger partial charge in [-0.15, -0.1) is 0 Å². The first-order chi connectivity index (χ1) is 5.42. The van der Waals surface area contributed by atoms with Gasteiger partial charge in [0.2, 0.25) is 10.5 Å². The lowest BCUT2D eigenvalue weighted by Gasteiger charge is -2.07. The molecule has 0 aliphatic heterocycles. The zero-order chi connectivity index (χ0) is 7.68. The number of hydrogen-bond acceptors (Lipinski definition) is 1. The molecule has 1 aliphatic carbocycles. The Bertz CT molecular complexity index is 293. The van der Waals surface area contributed by atoms with Gasteiger partial charge in [-0.3, -0.25) is 0 Å². The highest BCUT2D eigenvalue weighted by molar-refractivity contribution is 5.98. The molecule has 11 heavy (non-hydrogen) atoms. The van der Waals surface area contributed by atoms with Crippen molar-refractivity contribution in [1.29, 1.82) is 0 Å². The molecule has 0 heterocycles. The van der Waals surface area contributed by atoms with Crippen LogP contribution in [0.4, 0.5) is 0 Å². The minimum absolute atomic E-state index is 0.0860. The molecule has 1 aromatic rings. The Kier molecular flexibility index (Phi) is 1.64. The Morgan fingerprint density at radius 3 is 2.91 bits per heavy atom. The molecular weight excluding hydrogens is 152 g/mol. The molecule has 0 N–H and O–H groups in total. The molecule has 1 unspecified atom stereocenters. The van der Waals surface area contributed by atoms with Crippen LogP contribution in [0.2, 0.25) is 0 Å². The summed E-state index contributed by atoms with van der Waals surface area (Å²) in [6, 6.07) is 8.19. The van der Waals surface area contributed by atoms with Crippen molar-refractivity contribution in [2.75, 3.05) is 0 Å². The van der Waals surface area contributed by atoms with E-state index >= 15 is 0 Å². The summed E-state index contributed by atoms with van der Waals surface area (Å²) in [6.45, 7) is 0. The Morgan fingerprint density at radius 2 is 2.09 bits per heavy atom. The van der Waals surface area contributed by atoms with Gasteiger partial charge in [-0.05, 0) is 11.1 Å². The number of benzene rings is 1. The first-order valence-electron chi connectivity index (χ1n) is 3.51. The lowest BCUT2D eigenvalue weighted by molar-refractivity contribution is 0.286. The summed E-state index contributed by atoms with van der Waals surface area (Å²) in [4.78, 5) is 0. The fourth-order valence-corrected chi connectivity index (χ4v) is 1.52. The summed E-state index contributed by atoms with van der Waals surface area (Å²) in [7, 11) is 3.04. The molecule has 2 rings (SSSR count). The lowest BCUT2D eigenvalue weighted by atomic mass is 10.1. The molecule has 3 radical (unpaired) electrons. The smallest absolute Gasteiger partial charge is 0.247 e. The third-order valence-electron chi connectivity index (χ3n) is 1.88. The molecule has 1 atom stereocenters. The van der Waals surface area contributed by atoms with Gasteiger partial charge in [0.15, 0.2) is 0 Å². The second-order valence-electron chi connectivity index (χ2n) is 2.53. The maximum absolute atomic E-state index is 5.06. The monoisotopic (exact) mass is 159 g/mol. The van der Waals surface area contributed by atoms with Crippen LogP contribution in [-0.2, 0) is 4.43 Å². The summed E-state index contributed by atoms with van der Waals surface area (Å²) in [6.07, 6.45) is 4.18. The second kappa shape index (κ2) is 2.64. The third-order valence-corrected chi connectivity index (χ3v) is 2.13. The standard InChI is InChI=1S/C9H7OSi/c11-10-9-6-5-7-3-1-2-4-8(7)9/h1-6,9H. The van der Waals surface area contributed by atoms with Crippen LogP contribution in [0, 0.1) is 0 Å². The molecule has 2 heteroatoms. The fourth-order valence-electron chi connectivity index (χ4n) is 1.32. The van der Waals surface area contributed by atoms with E-state index in [4.69, 9.17) is 4.43 Å². The van der Waals surface area contributed by atoms with Crippen LogP contribution in [0.3, 0.4) is 0 Å². The number of rotatable bonds is 1. The first-order valence-corrected chi connectivity index (χ1v) is 3.92. The third kappa shape index (κ3) is 1.04. The molecule has 0 saturated carbocycles. The molecule has 0 bridgehead atoms. The molecule has 1 aliphatic rings. The van der Waals surface area contributed by atoms with Crippen LogP contribution in [0.25, 0.3) is 6.08 Å². The molecule has 1 nitrogen and oxygen atoms in total. The molecule has 0 spiro atoms. The summed E-state index contributed by atoms with van der Waals surface area (Å²) in [5, 5.41) is 0. The molecule has 1 aromatic carbocycles. The van der Waals surface area contributed by atoms with Crippen molar-refractivity contribution in [3.05, 3.63) is 41.5 Å². The van der Waals surface area contributed by atoms with Crippen LogP contribution in [0.15, 0.2) is 30.3 Å². The Labute approximate surface area is 69.2 Å². The highest BCUT2D eigenvalue weighted by atomic mass is 28.2. The van der Waals surface area contributed by atoms with Gasteiger partial charge in [0.1, 0.15) is 0 Å². The molecule has 0 aromatic heterocycles. The minimum Gasteiger partial charge on any atom is -0.408 e. The van der Waals surface area contributed by atoms with Gasteiger partial charge in [-0.2, -0.15) is 0 Å². The zero-order valence-corrected chi connectivity index (χ0v) is 6.95. The zero-order valence-electron chi connectivity index (χ0n) is 5.95. The molecular formula is C9H7OSi. The van der Waals surface area contributed by atoms with Crippen molar-refractivity contribution in [1.82, 2.24) is 0 Å². The lowest BCUT2D eigenvalue weighted by Crippen LogP contribution is -1.95.